The molecule has 1 aromatic carbocycles. The van der Waals surface area contributed by atoms with Gasteiger partial charge in [0.25, 0.3) is 5.69 Å². The Morgan fingerprint density at radius 2 is 2.25 bits per heavy atom. The number of rotatable bonds is 6. The van der Waals surface area contributed by atoms with E-state index in [9.17, 15) is 10.1 Å². The van der Waals surface area contributed by atoms with Gasteiger partial charge in [-0.3, -0.25) is 10.1 Å². The van der Waals surface area contributed by atoms with Gasteiger partial charge < -0.3 is 10.1 Å². The molecular weight excluding hydrogens is 258 g/mol. The number of anilines is 1. The van der Waals surface area contributed by atoms with Crippen LogP contribution in [0.1, 0.15) is 13.8 Å². The number of nitro benzene ring substituents is 1. The molecule has 0 spiro atoms. The molecule has 1 heterocycles. The normalized spacial score (nSPS) is 12.3. The Kier molecular flexibility index (Phi) is 4.47. The summed E-state index contributed by atoms with van der Waals surface area (Å²) in [5.41, 5.74) is 1.24. The summed E-state index contributed by atoms with van der Waals surface area (Å²) >= 11 is 0. The maximum Gasteiger partial charge on any atom is 0.295 e. The Morgan fingerprint density at radius 3 is 2.95 bits per heavy atom. The second-order valence-electron chi connectivity index (χ2n) is 4.49. The van der Waals surface area contributed by atoms with Gasteiger partial charge in [-0.05, 0) is 32.0 Å². The monoisotopic (exact) mass is 275 g/mol. The Balaban J connectivity index is 2.35. The highest BCUT2D eigenvalue weighted by molar-refractivity contribution is 5.96. The summed E-state index contributed by atoms with van der Waals surface area (Å²) in [6.07, 6.45) is 1.56. The lowest BCUT2D eigenvalue weighted by Crippen LogP contribution is -2.21. The molecule has 2 rings (SSSR count). The van der Waals surface area contributed by atoms with Gasteiger partial charge in [0.05, 0.1) is 11.5 Å². The first-order valence-electron chi connectivity index (χ1n) is 6.50. The van der Waals surface area contributed by atoms with Gasteiger partial charge in [-0.15, -0.1) is 0 Å². The molecule has 20 heavy (non-hydrogen) atoms. The molecule has 6 nitrogen and oxygen atoms in total. The largest absolute Gasteiger partial charge is 0.380 e. The third-order valence-electron chi connectivity index (χ3n) is 2.92. The minimum atomic E-state index is -0.414. The minimum Gasteiger partial charge on any atom is -0.380 e. The van der Waals surface area contributed by atoms with Crippen molar-refractivity contribution < 1.29 is 9.66 Å². The van der Waals surface area contributed by atoms with Crippen LogP contribution in [0.4, 0.5) is 11.4 Å². The predicted octanol–water partition coefficient (Wildman–Crippen LogP) is 2.98. The van der Waals surface area contributed by atoms with Crippen LogP contribution in [-0.4, -0.2) is 29.2 Å². The molecule has 0 amide bonds. The van der Waals surface area contributed by atoms with Crippen molar-refractivity contribution in [2.24, 2.45) is 0 Å². The van der Waals surface area contributed by atoms with Gasteiger partial charge in [-0.1, -0.05) is 0 Å². The van der Waals surface area contributed by atoms with Crippen molar-refractivity contribution >= 4 is 22.3 Å². The molecule has 0 aliphatic carbocycles. The first kappa shape index (κ1) is 14.2. The van der Waals surface area contributed by atoms with E-state index in [0.29, 0.717) is 18.7 Å². The molecule has 0 saturated heterocycles. The molecule has 1 unspecified atom stereocenters. The fraction of sp³-hybridized carbons (Fsp3) is 0.357. The molecule has 0 saturated carbocycles. The molecule has 6 heteroatoms. The summed E-state index contributed by atoms with van der Waals surface area (Å²) in [6, 6.07) is 6.89. The van der Waals surface area contributed by atoms with Crippen LogP contribution in [0.2, 0.25) is 0 Å². The highest BCUT2D eigenvalue weighted by Crippen LogP contribution is 2.29. The maximum atomic E-state index is 11.0. The van der Waals surface area contributed by atoms with Gasteiger partial charge in [-0.25, -0.2) is 4.98 Å². The smallest absolute Gasteiger partial charge is 0.295 e. The molecule has 0 aliphatic rings. The third kappa shape index (κ3) is 3.03. The van der Waals surface area contributed by atoms with E-state index < -0.39 is 4.92 Å². The van der Waals surface area contributed by atoms with Gasteiger partial charge in [0.2, 0.25) is 0 Å². The predicted molar refractivity (Wildman–Crippen MR) is 78.0 cm³/mol. The summed E-state index contributed by atoms with van der Waals surface area (Å²) in [7, 11) is 0. The Labute approximate surface area is 116 Å². The number of hydrogen-bond acceptors (Lipinski definition) is 5. The number of non-ortho nitro benzene ring substituents is 1. The zero-order valence-corrected chi connectivity index (χ0v) is 11.5. The summed E-state index contributed by atoms with van der Waals surface area (Å²) < 4.78 is 5.36. The Morgan fingerprint density at radius 1 is 1.45 bits per heavy atom. The van der Waals surface area contributed by atoms with Crippen LogP contribution in [0.15, 0.2) is 30.5 Å². The molecule has 0 bridgehead atoms. The van der Waals surface area contributed by atoms with Gasteiger partial charge in [0, 0.05) is 36.0 Å². The van der Waals surface area contributed by atoms with E-state index in [1.807, 2.05) is 19.9 Å². The van der Waals surface area contributed by atoms with Crippen LogP contribution in [0.25, 0.3) is 10.9 Å². The first-order chi connectivity index (χ1) is 9.63. The van der Waals surface area contributed by atoms with Gasteiger partial charge >= 0.3 is 0 Å². The summed E-state index contributed by atoms with van der Waals surface area (Å²) in [6.45, 7) is 5.18. The van der Waals surface area contributed by atoms with Crippen molar-refractivity contribution in [2.45, 2.75) is 19.9 Å². The van der Waals surface area contributed by atoms with E-state index in [2.05, 4.69) is 10.3 Å². The molecule has 2 aromatic rings. The van der Waals surface area contributed by atoms with Crippen molar-refractivity contribution in [3.05, 3.63) is 40.6 Å². The number of pyridine rings is 1. The zero-order chi connectivity index (χ0) is 14.5. The van der Waals surface area contributed by atoms with Crippen LogP contribution in [-0.2, 0) is 4.74 Å². The average Bonchev–Trinajstić information content (AvgIpc) is 2.45. The van der Waals surface area contributed by atoms with Crippen LogP contribution >= 0.6 is 0 Å². The number of hydrogen-bond donors (Lipinski definition) is 1. The van der Waals surface area contributed by atoms with E-state index in [4.69, 9.17) is 4.74 Å². The molecule has 106 valence electrons. The molecule has 1 atom stereocenters. The van der Waals surface area contributed by atoms with Crippen LogP contribution < -0.4 is 5.32 Å². The standard InChI is InChI=1S/C14H17N3O3/c1-3-20-9-10(2)16-12-6-7-13(17(18)19)14-11(12)5-4-8-15-14/h4-8,10,16H,3,9H2,1-2H3. The number of fused-ring (bicyclic) bond motifs is 1. The van der Waals surface area contributed by atoms with Crippen LogP contribution in [0.5, 0.6) is 0 Å². The van der Waals surface area contributed by atoms with Crippen LogP contribution in [0, 0.1) is 10.1 Å². The van der Waals surface area contributed by atoms with E-state index in [1.54, 1.807) is 18.3 Å². The molecule has 1 N–H and O–H groups in total. The van der Waals surface area contributed by atoms with Gasteiger partial charge in [-0.2, -0.15) is 0 Å². The van der Waals surface area contributed by atoms with Crippen molar-refractivity contribution in [3.8, 4) is 0 Å². The molecular formula is C14H17N3O3. The van der Waals surface area contributed by atoms with Gasteiger partial charge in [0.1, 0.15) is 5.52 Å². The fourth-order valence-corrected chi connectivity index (χ4v) is 2.03. The van der Waals surface area contributed by atoms with Crippen molar-refractivity contribution in [3.63, 3.8) is 0 Å². The fourth-order valence-electron chi connectivity index (χ4n) is 2.03. The number of nitrogens with zero attached hydrogens (tertiary/aromatic N) is 2. The van der Waals surface area contributed by atoms with Gasteiger partial charge in [0.15, 0.2) is 0 Å². The van der Waals surface area contributed by atoms with E-state index in [0.717, 1.165) is 11.1 Å². The topological polar surface area (TPSA) is 77.3 Å². The van der Waals surface area contributed by atoms with Crippen molar-refractivity contribution in [1.82, 2.24) is 4.98 Å². The first-order valence-corrected chi connectivity index (χ1v) is 6.50. The number of ether oxygens (including phenoxy) is 1. The van der Waals surface area contributed by atoms with E-state index in [-0.39, 0.29) is 11.7 Å². The summed E-state index contributed by atoms with van der Waals surface area (Å²) in [5.74, 6) is 0. The number of aromatic nitrogens is 1. The lowest BCUT2D eigenvalue weighted by molar-refractivity contribution is -0.383. The average molecular weight is 275 g/mol. The third-order valence-corrected chi connectivity index (χ3v) is 2.92. The lowest BCUT2D eigenvalue weighted by Gasteiger charge is -2.16. The number of nitrogens with one attached hydrogen (secondary N) is 1. The van der Waals surface area contributed by atoms with Crippen molar-refractivity contribution in [2.75, 3.05) is 18.5 Å². The minimum absolute atomic E-state index is 0.0172. The maximum absolute atomic E-state index is 11.0. The molecule has 0 aliphatic heterocycles. The second kappa shape index (κ2) is 6.29. The van der Waals surface area contributed by atoms with Crippen molar-refractivity contribution in [1.29, 1.82) is 0 Å². The zero-order valence-electron chi connectivity index (χ0n) is 11.5. The molecule has 0 fully saturated rings. The van der Waals surface area contributed by atoms with Crippen LogP contribution in [0.3, 0.4) is 0 Å². The molecule has 1 aromatic heterocycles. The summed E-state index contributed by atoms with van der Waals surface area (Å²) in [5, 5.41) is 15.1. The highest BCUT2D eigenvalue weighted by atomic mass is 16.6. The highest BCUT2D eigenvalue weighted by Gasteiger charge is 2.16. The van der Waals surface area contributed by atoms with E-state index in [1.165, 1.54) is 6.07 Å². The summed E-state index contributed by atoms with van der Waals surface area (Å²) in [4.78, 5) is 14.7. The number of nitro groups is 1. The Bertz CT molecular complexity index is 616. The lowest BCUT2D eigenvalue weighted by atomic mass is 10.1. The van der Waals surface area contributed by atoms with E-state index >= 15 is 0 Å². The molecule has 0 radical (unpaired) electrons. The number of benzene rings is 1. The quantitative estimate of drug-likeness (QED) is 0.647. The SMILES string of the molecule is CCOCC(C)Nc1ccc([N+](=O)[O-])c2ncccc12. The Hall–Kier alpha value is -2.21. The second-order valence-corrected chi connectivity index (χ2v) is 4.49.